The highest BCUT2D eigenvalue weighted by molar-refractivity contribution is 5.74. The van der Waals surface area contributed by atoms with Gasteiger partial charge in [-0.05, 0) is 13.3 Å². The van der Waals surface area contributed by atoms with Gasteiger partial charge in [0.15, 0.2) is 0 Å². The molecule has 0 aliphatic carbocycles. The van der Waals surface area contributed by atoms with E-state index < -0.39 is 12.1 Å². The van der Waals surface area contributed by atoms with Crippen LogP contribution in [0.5, 0.6) is 0 Å². The highest BCUT2D eigenvalue weighted by atomic mass is 16.5. The van der Waals surface area contributed by atoms with E-state index in [2.05, 4.69) is 10.6 Å². The quantitative estimate of drug-likeness (QED) is 0.551. The average Bonchev–Trinajstić information content (AvgIpc) is 2.31. The maximum Gasteiger partial charge on any atom is 0.315 e. The lowest BCUT2D eigenvalue weighted by Gasteiger charge is -2.17. The van der Waals surface area contributed by atoms with E-state index in [1.54, 1.807) is 7.11 Å². The number of aliphatic carboxylic acids is 1. The summed E-state index contributed by atoms with van der Waals surface area (Å²) in [7, 11) is 3.01. The van der Waals surface area contributed by atoms with Gasteiger partial charge in [0.2, 0.25) is 0 Å². The Morgan fingerprint density at radius 2 is 2.00 bits per heavy atom. The Hall–Kier alpha value is -1.34. The minimum absolute atomic E-state index is 0.00887. The number of carbonyl (C=O) groups is 2. The molecule has 7 nitrogen and oxygen atoms in total. The van der Waals surface area contributed by atoms with Gasteiger partial charge in [0.05, 0.1) is 12.5 Å². The summed E-state index contributed by atoms with van der Waals surface area (Å²) in [6, 6.07) is -0.350. The van der Waals surface area contributed by atoms with Crippen LogP contribution in [0.15, 0.2) is 0 Å². The Morgan fingerprint density at radius 1 is 1.33 bits per heavy atom. The van der Waals surface area contributed by atoms with Crippen LogP contribution in [0.4, 0.5) is 4.79 Å². The van der Waals surface area contributed by atoms with Crippen molar-refractivity contribution in [1.29, 1.82) is 0 Å². The third kappa shape index (κ3) is 8.77. The zero-order valence-corrected chi connectivity index (χ0v) is 11.1. The molecule has 0 aromatic heterocycles. The molecule has 0 spiro atoms. The molecule has 2 unspecified atom stereocenters. The smallest absolute Gasteiger partial charge is 0.315 e. The number of ether oxygens (including phenoxy) is 2. The molecule has 0 radical (unpaired) electrons. The van der Waals surface area contributed by atoms with Crippen LogP contribution < -0.4 is 10.6 Å². The zero-order valence-electron chi connectivity index (χ0n) is 11.1. The largest absolute Gasteiger partial charge is 0.481 e. The first-order valence-electron chi connectivity index (χ1n) is 5.77. The highest BCUT2D eigenvalue weighted by Gasteiger charge is 2.14. The van der Waals surface area contributed by atoms with Crippen LogP contribution in [0, 0.1) is 0 Å². The molecule has 0 saturated heterocycles. The average molecular weight is 262 g/mol. The van der Waals surface area contributed by atoms with Gasteiger partial charge in [-0.1, -0.05) is 0 Å². The molecule has 0 heterocycles. The third-order valence-electron chi connectivity index (χ3n) is 2.36. The normalized spacial score (nSPS) is 13.7. The predicted octanol–water partition coefficient (Wildman–Crippen LogP) is 0.200. The van der Waals surface area contributed by atoms with Crippen molar-refractivity contribution in [2.75, 3.05) is 27.4 Å². The number of urea groups is 1. The molecular weight excluding hydrogens is 240 g/mol. The standard InChI is InChI=1S/C11H22N2O5/c1-8(4-5-17-2)13-11(16)12-7-9(18-3)6-10(14)15/h8-9H,4-7H2,1-3H3,(H,14,15)(H2,12,13,16). The van der Waals surface area contributed by atoms with Crippen molar-refractivity contribution in [3.8, 4) is 0 Å². The number of carboxylic acid groups (broad SMARTS) is 1. The van der Waals surface area contributed by atoms with Crippen molar-refractivity contribution < 1.29 is 24.2 Å². The van der Waals surface area contributed by atoms with E-state index in [1.807, 2.05) is 6.92 Å². The number of nitrogens with one attached hydrogen (secondary N) is 2. The Balaban J connectivity index is 3.83. The number of carbonyl (C=O) groups excluding carboxylic acids is 1. The second kappa shape index (κ2) is 9.67. The van der Waals surface area contributed by atoms with Crippen molar-refractivity contribution in [2.24, 2.45) is 0 Å². The number of hydrogen-bond donors (Lipinski definition) is 3. The highest BCUT2D eigenvalue weighted by Crippen LogP contribution is 1.96. The first-order chi connectivity index (χ1) is 8.49. The third-order valence-corrected chi connectivity index (χ3v) is 2.36. The molecule has 106 valence electrons. The van der Waals surface area contributed by atoms with Gasteiger partial charge in [0, 0.05) is 33.4 Å². The summed E-state index contributed by atoms with van der Waals surface area (Å²) >= 11 is 0. The van der Waals surface area contributed by atoms with Crippen LogP contribution in [0.3, 0.4) is 0 Å². The van der Waals surface area contributed by atoms with Crippen molar-refractivity contribution >= 4 is 12.0 Å². The summed E-state index contributed by atoms with van der Waals surface area (Å²) in [5.41, 5.74) is 0. The van der Waals surface area contributed by atoms with E-state index in [0.717, 1.165) is 0 Å². The van der Waals surface area contributed by atoms with Gasteiger partial charge in [0.1, 0.15) is 0 Å². The number of amides is 2. The van der Waals surface area contributed by atoms with E-state index in [9.17, 15) is 9.59 Å². The van der Waals surface area contributed by atoms with Crippen LogP contribution in [-0.2, 0) is 14.3 Å². The second-order valence-corrected chi connectivity index (χ2v) is 3.99. The van der Waals surface area contributed by atoms with E-state index in [4.69, 9.17) is 14.6 Å². The van der Waals surface area contributed by atoms with Crippen LogP contribution in [-0.4, -0.2) is 56.6 Å². The molecule has 0 bridgehead atoms. The molecule has 0 aliphatic heterocycles. The fourth-order valence-electron chi connectivity index (χ4n) is 1.28. The Kier molecular flexibility index (Phi) is 8.95. The first-order valence-corrected chi connectivity index (χ1v) is 5.77. The molecule has 0 aliphatic rings. The van der Waals surface area contributed by atoms with Gasteiger partial charge in [-0.15, -0.1) is 0 Å². The molecule has 0 saturated carbocycles. The summed E-state index contributed by atoms with van der Waals surface area (Å²) in [5, 5.41) is 13.9. The lowest BCUT2D eigenvalue weighted by atomic mass is 10.2. The van der Waals surface area contributed by atoms with Gasteiger partial charge in [0.25, 0.3) is 0 Å². The van der Waals surface area contributed by atoms with E-state index in [1.165, 1.54) is 7.11 Å². The Labute approximate surface area is 107 Å². The first kappa shape index (κ1) is 16.7. The van der Waals surface area contributed by atoms with E-state index in [-0.39, 0.29) is 25.0 Å². The SMILES string of the molecule is COCCC(C)NC(=O)NCC(CC(=O)O)OC. The minimum Gasteiger partial charge on any atom is -0.481 e. The van der Waals surface area contributed by atoms with Gasteiger partial charge < -0.3 is 25.2 Å². The summed E-state index contributed by atoms with van der Waals surface area (Å²) in [6.07, 6.45) is 0.0467. The van der Waals surface area contributed by atoms with Gasteiger partial charge in [-0.3, -0.25) is 4.79 Å². The summed E-state index contributed by atoms with van der Waals surface area (Å²) in [6.45, 7) is 2.59. The fraction of sp³-hybridized carbons (Fsp3) is 0.818. The number of methoxy groups -OCH3 is 2. The summed E-state index contributed by atoms with van der Waals surface area (Å²) in [5.74, 6) is -0.961. The minimum atomic E-state index is -0.961. The van der Waals surface area contributed by atoms with Crippen molar-refractivity contribution in [3.63, 3.8) is 0 Å². The molecule has 0 aromatic rings. The lowest BCUT2D eigenvalue weighted by Crippen LogP contribution is -2.44. The molecule has 7 heteroatoms. The van der Waals surface area contributed by atoms with Crippen LogP contribution in [0.2, 0.25) is 0 Å². The molecule has 2 amide bonds. The number of carboxylic acids is 1. The second-order valence-electron chi connectivity index (χ2n) is 3.99. The van der Waals surface area contributed by atoms with Crippen molar-refractivity contribution in [3.05, 3.63) is 0 Å². The lowest BCUT2D eigenvalue weighted by molar-refractivity contribution is -0.139. The van der Waals surface area contributed by atoms with Crippen LogP contribution in [0.1, 0.15) is 19.8 Å². The molecular formula is C11H22N2O5. The number of hydrogen-bond acceptors (Lipinski definition) is 4. The molecule has 0 aromatic carbocycles. The Morgan fingerprint density at radius 3 is 2.50 bits per heavy atom. The summed E-state index contributed by atoms with van der Waals surface area (Å²) < 4.78 is 9.83. The number of rotatable bonds is 9. The predicted molar refractivity (Wildman–Crippen MR) is 65.5 cm³/mol. The molecule has 3 N–H and O–H groups in total. The van der Waals surface area contributed by atoms with E-state index in [0.29, 0.717) is 13.0 Å². The van der Waals surface area contributed by atoms with Gasteiger partial charge >= 0.3 is 12.0 Å². The molecule has 2 atom stereocenters. The maximum atomic E-state index is 11.5. The van der Waals surface area contributed by atoms with Gasteiger partial charge in [-0.2, -0.15) is 0 Å². The molecule has 18 heavy (non-hydrogen) atoms. The molecule has 0 rings (SSSR count). The maximum absolute atomic E-state index is 11.5. The van der Waals surface area contributed by atoms with Crippen molar-refractivity contribution in [1.82, 2.24) is 10.6 Å². The van der Waals surface area contributed by atoms with Crippen molar-refractivity contribution in [2.45, 2.75) is 31.9 Å². The fourth-order valence-corrected chi connectivity index (χ4v) is 1.28. The monoisotopic (exact) mass is 262 g/mol. The van der Waals surface area contributed by atoms with Crippen LogP contribution >= 0.6 is 0 Å². The zero-order chi connectivity index (χ0) is 14.0. The topological polar surface area (TPSA) is 96.9 Å². The Bertz CT molecular complexity index is 260. The van der Waals surface area contributed by atoms with Crippen LogP contribution in [0.25, 0.3) is 0 Å². The van der Waals surface area contributed by atoms with Gasteiger partial charge in [-0.25, -0.2) is 4.79 Å². The molecule has 0 fully saturated rings. The summed E-state index contributed by atoms with van der Waals surface area (Å²) in [4.78, 5) is 21.9. The van der Waals surface area contributed by atoms with E-state index >= 15 is 0 Å².